The highest BCUT2D eigenvalue weighted by Crippen LogP contribution is 2.57. The van der Waals surface area contributed by atoms with Crippen LogP contribution in [-0.2, 0) is 10.8 Å². The Bertz CT molecular complexity index is 2880. The van der Waals surface area contributed by atoms with E-state index in [2.05, 4.69) is 195 Å². The van der Waals surface area contributed by atoms with Crippen molar-refractivity contribution >= 4 is 60.4 Å². The number of benzene rings is 8. The fourth-order valence-electron chi connectivity index (χ4n) is 9.52. The van der Waals surface area contributed by atoms with Crippen LogP contribution in [0.15, 0.2) is 158 Å². The lowest BCUT2D eigenvalue weighted by Crippen LogP contribution is -2.33. The third-order valence-electron chi connectivity index (χ3n) is 12.2. The van der Waals surface area contributed by atoms with Crippen LogP contribution in [0.1, 0.15) is 49.9 Å². The van der Waals surface area contributed by atoms with E-state index in [1.54, 1.807) is 0 Å². The van der Waals surface area contributed by atoms with E-state index in [-0.39, 0.29) is 10.8 Å². The Morgan fingerprint density at radius 1 is 0.385 bits per heavy atom. The molecule has 0 amide bonds. The first-order valence-electron chi connectivity index (χ1n) is 18.4. The van der Waals surface area contributed by atoms with Crippen molar-refractivity contribution in [3.05, 3.63) is 180 Å². The highest BCUT2D eigenvalue weighted by atomic mass is 15.1. The van der Waals surface area contributed by atoms with Gasteiger partial charge in [0.2, 0.25) is 0 Å². The number of nitrogens with zero attached hydrogens (tertiary/aromatic N) is 2. The molecule has 8 aromatic carbocycles. The molecule has 2 heteroatoms. The monoisotopic (exact) mass is 666 g/mol. The van der Waals surface area contributed by atoms with E-state index < -0.39 is 0 Å². The van der Waals surface area contributed by atoms with Crippen LogP contribution in [-0.4, -0.2) is 4.57 Å². The van der Waals surface area contributed by atoms with Gasteiger partial charge < -0.3 is 9.47 Å². The molecule has 0 unspecified atom stereocenters. The van der Waals surface area contributed by atoms with Gasteiger partial charge in [-0.15, -0.1) is 0 Å². The summed E-state index contributed by atoms with van der Waals surface area (Å²) in [6.45, 7) is 9.69. The van der Waals surface area contributed by atoms with E-state index in [1.165, 1.54) is 88.1 Å². The number of anilines is 3. The Balaban J connectivity index is 1.29. The number of rotatable bonds is 4. The van der Waals surface area contributed by atoms with Crippen LogP contribution in [0, 0.1) is 0 Å². The van der Waals surface area contributed by atoms with E-state index in [4.69, 9.17) is 0 Å². The molecule has 2 aliphatic heterocycles. The highest BCUT2D eigenvalue weighted by Gasteiger charge is 2.44. The molecule has 248 valence electrons. The van der Waals surface area contributed by atoms with Crippen LogP contribution in [0.3, 0.4) is 0 Å². The van der Waals surface area contributed by atoms with Gasteiger partial charge in [-0.3, -0.25) is 0 Å². The summed E-state index contributed by atoms with van der Waals surface area (Å²) in [6.07, 6.45) is 0. The highest BCUT2D eigenvalue weighted by molar-refractivity contribution is 6.16. The van der Waals surface area contributed by atoms with Gasteiger partial charge in [-0.2, -0.15) is 0 Å². The molecule has 0 saturated heterocycles. The van der Waals surface area contributed by atoms with Crippen molar-refractivity contribution in [1.29, 1.82) is 0 Å². The zero-order chi connectivity index (χ0) is 34.9. The molecular formula is C50H38N2. The molecule has 0 N–H and O–H groups in total. The van der Waals surface area contributed by atoms with Crippen molar-refractivity contribution in [3.63, 3.8) is 0 Å². The molecule has 0 bridgehead atoms. The Kier molecular flexibility index (Phi) is 5.83. The largest absolute Gasteiger partial charge is 0.310 e. The zero-order valence-corrected chi connectivity index (χ0v) is 29.9. The van der Waals surface area contributed by atoms with Crippen LogP contribution >= 0.6 is 0 Å². The van der Waals surface area contributed by atoms with Gasteiger partial charge in [-0.25, -0.2) is 0 Å². The first-order chi connectivity index (χ1) is 25.3. The number of hydrogen-bond acceptors (Lipinski definition) is 1. The number of para-hydroxylation sites is 1. The topological polar surface area (TPSA) is 8.17 Å². The average molecular weight is 667 g/mol. The van der Waals surface area contributed by atoms with Gasteiger partial charge in [0.05, 0.1) is 16.7 Å². The quantitative estimate of drug-likeness (QED) is 0.181. The third kappa shape index (κ3) is 3.90. The van der Waals surface area contributed by atoms with Crippen LogP contribution in [0.25, 0.3) is 60.2 Å². The maximum absolute atomic E-state index is 2.63. The van der Waals surface area contributed by atoms with E-state index in [0.29, 0.717) is 0 Å². The Hall–Kier alpha value is -6.12. The molecule has 9 aromatic rings. The van der Waals surface area contributed by atoms with Crippen molar-refractivity contribution in [2.24, 2.45) is 0 Å². The molecule has 1 aromatic heterocycles. The second-order valence-corrected chi connectivity index (χ2v) is 15.9. The zero-order valence-electron chi connectivity index (χ0n) is 29.9. The van der Waals surface area contributed by atoms with Gasteiger partial charge in [-0.1, -0.05) is 137 Å². The molecule has 0 atom stereocenters. The van der Waals surface area contributed by atoms with Gasteiger partial charge in [0.1, 0.15) is 0 Å². The molecule has 0 spiro atoms. The van der Waals surface area contributed by atoms with Crippen molar-refractivity contribution in [2.75, 3.05) is 4.90 Å². The van der Waals surface area contributed by atoms with E-state index in [1.807, 2.05) is 0 Å². The van der Waals surface area contributed by atoms with Crippen molar-refractivity contribution in [1.82, 2.24) is 4.57 Å². The Labute approximate surface area is 304 Å². The molecule has 0 radical (unpaired) electrons. The van der Waals surface area contributed by atoms with Crippen LogP contribution in [0.2, 0.25) is 0 Å². The average Bonchev–Trinajstić information content (AvgIpc) is 3.50. The van der Waals surface area contributed by atoms with Gasteiger partial charge in [0.25, 0.3) is 0 Å². The summed E-state index contributed by atoms with van der Waals surface area (Å²) in [6, 6.07) is 58.9. The van der Waals surface area contributed by atoms with Crippen molar-refractivity contribution in [2.45, 2.75) is 38.5 Å². The van der Waals surface area contributed by atoms with Gasteiger partial charge in [-0.05, 0) is 103 Å². The minimum Gasteiger partial charge on any atom is -0.310 e. The third-order valence-corrected chi connectivity index (χ3v) is 12.2. The van der Waals surface area contributed by atoms with E-state index in [0.717, 1.165) is 11.4 Å². The second kappa shape index (κ2) is 10.2. The number of hydrogen-bond donors (Lipinski definition) is 0. The first-order valence-corrected chi connectivity index (χ1v) is 18.4. The molecule has 0 aliphatic carbocycles. The lowest BCUT2D eigenvalue weighted by Gasteiger charge is -2.42. The molecular weight excluding hydrogens is 629 g/mol. The fourth-order valence-corrected chi connectivity index (χ4v) is 9.52. The molecule has 2 nitrogen and oxygen atoms in total. The van der Waals surface area contributed by atoms with Gasteiger partial charge in [0, 0.05) is 38.7 Å². The lowest BCUT2D eigenvalue weighted by molar-refractivity contribution is 0.594. The molecule has 0 fully saturated rings. The SMILES string of the molecule is CC1(C)c2cccc3c2-n2c4c1cc(-c1ccccc1)cc4c1cc(N(c4ccc5ccccc5c4)c4ccc5ccccc5c4)cc(c12)C3(C)C. The molecule has 2 aliphatic rings. The summed E-state index contributed by atoms with van der Waals surface area (Å²) >= 11 is 0. The summed E-state index contributed by atoms with van der Waals surface area (Å²) in [5.74, 6) is 0. The smallest absolute Gasteiger partial charge is 0.0583 e. The van der Waals surface area contributed by atoms with E-state index >= 15 is 0 Å². The maximum atomic E-state index is 2.63. The van der Waals surface area contributed by atoms with Crippen LogP contribution < -0.4 is 4.90 Å². The molecule has 0 saturated carbocycles. The van der Waals surface area contributed by atoms with Gasteiger partial charge in [0.15, 0.2) is 0 Å². The minimum absolute atomic E-state index is 0.169. The second-order valence-electron chi connectivity index (χ2n) is 15.9. The molecule has 3 heterocycles. The van der Waals surface area contributed by atoms with Crippen molar-refractivity contribution in [3.8, 4) is 16.8 Å². The number of fused-ring (bicyclic) bond motifs is 3. The fraction of sp³-hybridized carbons (Fsp3) is 0.120. The molecule has 52 heavy (non-hydrogen) atoms. The Morgan fingerprint density at radius 2 is 0.904 bits per heavy atom. The summed E-state index contributed by atoms with van der Waals surface area (Å²) in [5.41, 5.74) is 15.2. The van der Waals surface area contributed by atoms with E-state index in [9.17, 15) is 0 Å². The summed E-state index contributed by atoms with van der Waals surface area (Å²) in [4.78, 5) is 2.48. The van der Waals surface area contributed by atoms with Crippen LogP contribution in [0.5, 0.6) is 0 Å². The minimum atomic E-state index is -0.224. The predicted molar refractivity (Wildman–Crippen MR) is 220 cm³/mol. The van der Waals surface area contributed by atoms with Gasteiger partial charge >= 0.3 is 0 Å². The predicted octanol–water partition coefficient (Wildman–Crippen LogP) is 13.5. The maximum Gasteiger partial charge on any atom is 0.0583 e. The van der Waals surface area contributed by atoms with Crippen LogP contribution in [0.4, 0.5) is 17.1 Å². The molecule has 11 rings (SSSR count). The van der Waals surface area contributed by atoms with Crippen molar-refractivity contribution < 1.29 is 0 Å². The standard InChI is InChI=1S/C50H38N2/c1-49(2)42-19-12-20-43-48(42)52-46-40(27-36(28-44(46)49)31-13-6-5-7-14-31)41-29-39(30-45(47(41)52)50(43,3)4)51(37-23-21-32-15-8-10-17-34(32)25-37)38-24-22-33-16-9-11-18-35(33)26-38/h5-30H,1-4H3. The number of aromatic nitrogens is 1. The lowest BCUT2D eigenvalue weighted by atomic mass is 9.68. The summed E-state index contributed by atoms with van der Waals surface area (Å²) in [7, 11) is 0. The Morgan fingerprint density at radius 3 is 1.50 bits per heavy atom. The summed E-state index contributed by atoms with van der Waals surface area (Å²) in [5, 5.41) is 7.58. The first kappa shape index (κ1) is 29.6. The summed E-state index contributed by atoms with van der Waals surface area (Å²) < 4.78 is 2.63. The normalized spacial score (nSPS) is 14.8.